The van der Waals surface area contributed by atoms with Crippen molar-refractivity contribution < 1.29 is 9.47 Å². The van der Waals surface area contributed by atoms with Crippen LogP contribution in [0.15, 0.2) is 41.0 Å². The predicted molar refractivity (Wildman–Crippen MR) is 78.6 cm³/mol. The first-order valence-corrected chi connectivity index (χ1v) is 6.70. The minimum Gasteiger partial charge on any atom is -0.485 e. The molecule has 0 fully saturated rings. The van der Waals surface area contributed by atoms with E-state index >= 15 is 0 Å². The molecular weight excluding hydrogens is 308 g/mol. The van der Waals surface area contributed by atoms with E-state index in [-0.39, 0.29) is 6.10 Å². The highest BCUT2D eigenvalue weighted by molar-refractivity contribution is 9.10. The zero-order chi connectivity index (χ0) is 13.8. The fraction of sp³-hybridized carbons (Fsp3) is 0.214. The van der Waals surface area contributed by atoms with E-state index in [2.05, 4.69) is 20.9 Å². The lowest BCUT2D eigenvalue weighted by Gasteiger charge is -2.14. The summed E-state index contributed by atoms with van der Waals surface area (Å²) in [5.74, 6) is 1.63. The van der Waals surface area contributed by atoms with Crippen LogP contribution in [-0.2, 0) is 0 Å². The fourth-order valence-corrected chi connectivity index (χ4v) is 1.83. The van der Waals surface area contributed by atoms with Gasteiger partial charge in [-0.25, -0.2) is 4.98 Å². The average Bonchev–Trinajstić information content (AvgIpc) is 2.35. The van der Waals surface area contributed by atoms with Gasteiger partial charge in [0.2, 0.25) is 0 Å². The number of nitrogen functional groups attached to an aromatic ring is 1. The number of aromatic nitrogens is 1. The summed E-state index contributed by atoms with van der Waals surface area (Å²) >= 11 is 3.41. The lowest BCUT2D eigenvalue weighted by molar-refractivity contribution is 0.231. The van der Waals surface area contributed by atoms with Gasteiger partial charge in [-0.15, -0.1) is 0 Å². The Kier molecular flexibility index (Phi) is 4.27. The number of anilines is 1. The van der Waals surface area contributed by atoms with E-state index in [0.29, 0.717) is 23.1 Å². The van der Waals surface area contributed by atoms with Gasteiger partial charge in [-0.3, -0.25) is 0 Å². The number of pyridine rings is 1. The van der Waals surface area contributed by atoms with Crippen LogP contribution < -0.4 is 15.2 Å². The van der Waals surface area contributed by atoms with E-state index in [1.54, 1.807) is 24.4 Å². The first kappa shape index (κ1) is 13.7. The van der Waals surface area contributed by atoms with Crippen LogP contribution in [0, 0.1) is 0 Å². The highest BCUT2D eigenvalue weighted by Crippen LogP contribution is 2.34. The maximum Gasteiger partial charge on any atom is 0.262 e. The van der Waals surface area contributed by atoms with Crippen molar-refractivity contribution in [2.24, 2.45) is 0 Å². The molecule has 0 aliphatic heterocycles. The monoisotopic (exact) mass is 322 g/mol. The molecule has 1 aromatic carbocycles. The number of rotatable bonds is 4. The summed E-state index contributed by atoms with van der Waals surface area (Å²) < 4.78 is 12.2. The first-order valence-electron chi connectivity index (χ1n) is 5.91. The molecule has 0 aliphatic rings. The Morgan fingerprint density at radius 2 is 2.00 bits per heavy atom. The standard InChI is InChI=1S/C14H15BrN2O2/c1-9(2)18-12-4-3-7-17-14(12)19-13-8-10(16)5-6-11(13)15/h3-9H,16H2,1-2H3. The van der Waals surface area contributed by atoms with Crippen molar-refractivity contribution in [2.45, 2.75) is 20.0 Å². The summed E-state index contributed by atoms with van der Waals surface area (Å²) in [5, 5.41) is 0. The summed E-state index contributed by atoms with van der Waals surface area (Å²) in [7, 11) is 0. The third-order valence-electron chi connectivity index (χ3n) is 2.26. The van der Waals surface area contributed by atoms with Gasteiger partial charge in [0, 0.05) is 18.0 Å². The smallest absolute Gasteiger partial charge is 0.262 e. The molecule has 0 saturated heterocycles. The van der Waals surface area contributed by atoms with Crippen LogP contribution in [0.25, 0.3) is 0 Å². The number of ether oxygens (including phenoxy) is 2. The van der Waals surface area contributed by atoms with Crippen molar-refractivity contribution in [1.29, 1.82) is 0 Å². The molecule has 0 unspecified atom stereocenters. The molecule has 2 aromatic rings. The Morgan fingerprint density at radius 3 is 2.74 bits per heavy atom. The molecule has 0 aliphatic carbocycles. The molecule has 19 heavy (non-hydrogen) atoms. The quantitative estimate of drug-likeness (QED) is 0.864. The molecule has 0 amide bonds. The molecular formula is C14H15BrN2O2. The van der Waals surface area contributed by atoms with Crippen molar-refractivity contribution in [3.63, 3.8) is 0 Å². The number of halogens is 1. The molecule has 0 atom stereocenters. The molecule has 4 nitrogen and oxygen atoms in total. The zero-order valence-corrected chi connectivity index (χ0v) is 12.3. The van der Waals surface area contributed by atoms with E-state index in [4.69, 9.17) is 15.2 Å². The Balaban J connectivity index is 2.30. The van der Waals surface area contributed by atoms with Crippen LogP contribution in [0.3, 0.4) is 0 Å². The van der Waals surface area contributed by atoms with E-state index in [1.165, 1.54) is 0 Å². The molecule has 100 valence electrons. The number of hydrogen-bond donors (Lipinski definition) is 1. The molecule has 2 rings (SSSR count). The van der Waals surface area contributed by atoms with Gasteiger partial charge in [-0.2, -0.15) is 0 Å². The zero-order valence-electron chi connectivity index (χ0n) is 10.8. The van der Waals surface area contributed by atoms with Gasteiger partial charge in [0.25, 0.3) is 5.88 Å². The van der Waals surface area contributed by atoms with Crippen molar-refractivity contribution in [2.75, 3.05) is 5.73 Å². The van der Waals surface area contributed by atoms with Crippen LogP contribution in [-0.4, -0.2) is 11.1 Å². The Hall–Kier alpha value is -1.75. The second-order valence-corrected chi connectivity index (χ2v) is 5.12. The van der Waals surface area contributed by atoms with Crippen LogP contribution in [0.4, 0.5) is 5.69 Å². The Morgan fingerprint density at radius 1 is 1.21 bits per heavy atom. The van der Waals surface area contributed by atoms with E-state index in [0.717, 1.165) is 4.47 Å². The molecule has 0 bridgehead atoms. The highest BCUT2D eigenvalue weighted by Gasteiger charge is 2.11. The Labute approximate surface area is 120 Å². The summed E-state index contributed by atoms with van der Waals surface area (Å²) in [4.78, 5) is 4.19. The van der Waals surface area contributed by atoms with Crippen molar-refractivity contribution in [3.05, 3.63) is 41.0 Å². The summed E-state index contributed by atoms with van der Waals surface area (Å²) in [6.07, 6.45) is 1.71. The number of nitrogens with two attached hydrogens (primary N) is 1. The van der Waals surface area contributed by atoms with Crippen molar-refractivity contribution in [1.82, 2.24) is 4.98 Å². The maximum absolute atomic E-state index is 5.76. The summed E-state index contributed by atoms with van der Waals surface area (Å²) in [6.45, 7) is 3.90. The van der Waals surface area contributed by atoms with Crippen LogP contribution in [0.5, 0.6) is 17.4 Å². The molecule has 0 spiro atoms. The third-order valence-corrected chi connectivity index (χ3v) is 2.92. The van der Waals surface area contributed by atoms with Gasteiger partial charge in [0.15, 0.2) is 5.75 Å². The van der Waals surface area contributed by atoms with Gasteiger partial charge in [0.05, 0.1) is 10.6 Å². The van der Waals surface area contributed by atoms with Gasteiger partial charge >= 0.3 is 0 Å². The van der Waals surface area contributed by atoms with Gasteiger partial charge in [-0.05, 0) is 54.0 Å². The van der Waals surface area contributed by atoms with Crippen LogP contribution in [0.1, 0.15) is 13.8 Å². The largest absolute Gasteiger partial charge is 0.485 e. The molecule has 1 aromatic heterocycles. The van der Waals surface area contributed by atoms with E-state index in [1.807, 2.05) is 26.0 Å². The van der Waals surface area contributed by atoms with Gasteiger partial charge in [-0.1, -0.05) is 0 Å². The lowest BCUT2D eigenvalue weighted by Crippen LogP contribution is -2.07. The van der Waals surface area contributed by atoms with Crippen molar-refractivity contribution >= 4 is 21.6 Å². The number of nitrogens with zero attached hydrogens (tertiary/aromatic N) is 1. The maximum atomic E-state index is 5.76. The second-order valence-electron chi connectivity index (χ2n) is 4.27. The van der Waals surface area contributed by atoms with Gasteiger partial charge in [0.1, 0.15) is 5.75 Å². The van der Waals surface area contributed by atoms with E-state index in [9.17, 15) is 0 Å². The molecule has 0 saturated carbocycles. The molecule has 2 N–H and O–H groups in total. The lowest BCUT2D eigenvalue weighted by atomic mass is 10.3. The minimum atomic E-state index is 0.0517. The topological polar surface area (TPSA) is 57.4 Å². The van der Waals surface area contributed by atoms with Crippen molar-refractivity contribution in [3.8, 4) is 17.4 Å². The molecule has 0 radical (unpaired) electrons. The molecule has 5 heteroatoms. The molecule has 1 heterocycles. The number of hydrogen-bond acceptors (Lipinski definition) is 4. The van der Waals surface area contributed by atoms with E-state index < -0.39 is 0 Å². The minimum absolute atomic E-state index is 0.0517. The summed E-state index contributed by atoms with van der Waals surface area (Å²) in [6, 6.07) is 8.98. The fourth-order valence-electron chi connectivity index (χ4n) is 1.50. The number of benzene rings is 1. The Bertz CT molecular complexity index is 573. The predicted octanol–water partition coefficient (Wildman–Crippen LogP) is 4.01. The van der Waals surface area contributed by atoms with Gasteiger partial charge < -0.3 is 15.2 Å². The van der Waals surface area contributed by atoms with Crippen LogP contribution in [0.2, 0.25) is 0 Å². The van der Waals surface area contributed by atoms with Crippen LogP contribution >= 0.6 is 15.9 Å². The highest BCUT2D eigenvalue weighted by atomic mass is 79.9. The average molecular weight is 323 g/mol. The SMILES string of the molecule is CC(C)Oc1cccnc1Oc1cc(N)ccc1Br. The first-order chi connectivity index (χ1) is 9.06. The third kappa shape index (κ3) is 3.61. The summed E-state index contributed by atoms with van der Waals surface area (Å²) in [5.41, 5.74) is 6.37. The normalized spacial score (nSPS) is 10.5. The second kappa shape index (κ2) is 5.93.